The number of piperazine rings is 1. The van der Waals surface area contributed by atoms with E-state index in [1.807, 2.05) is 26.0 Å². The van der Waals surface area contributed by atoms with E-state index >= 15 is 0 Å². The van der Waals surface area contributed by atoms with Crippen LogP contribution in [0, 0.1) is 0 Å². The molecule has 0 radical (unpaired) electrons. The normalized spacial score (nSPS) is 16.3. The Morgan fingerprint density at radius 1 is 1.22 bits per heavy atom. The van der Waals surface area contributed by atoms with Crippen LogP contribution in [0.15, 0.2) is 28.9 Å². The van der Waals surface area contributed by atoms with Crippen molar-refractivity contribution in [2.45, 2.75) is 25.9 Å². The minimum Gasteiger partial charge on any atom is -0.461 e. The van der Waals surface area contributed by atoms with Crippen molar-refractivity contribution in [3.63, 3.8) is 0 Å². The Balaban J connectivity index is 1.48. The van der Waals surface area contributed by atoms with E-state index in [0.29, 0.717) is 23.2 Å². The van der Waals surface area contributed by atoms with Crippen molar-refractivity contribution in [1.82, 2.24) is 24.5 Å². The Morgan fingerprint density at radius 2 is 2.00 bits per heavy atom. The first-order chi connectivity index (χ1) is 12.9. The molecule has 4 rings (SSSR count). The Morgan fingerprint density at radius 3 is 2.67 bits per heavy atom. The smallest absolute Gasteiger partial charge is 0.225 e. The van der Waals surface area contributed by atoms with Crippen molar-refractivity contribution in [2.75, 3.05) is 43.4 Å². The van der Waals surface area contributed by atoms with Gasteiger partial charge < -0.3 is 20.2 Å². The Labute approximate surface area is 157 Å². The Hall–Kier alpha value is -2.65. The van der Waals surface area contributed by atoms with E-state index in [0.717, 1.165) is 45.0 Å². The number of rotatable bonds is 5. The number of nitrogens with zero attached hydrogens (tertiary/aromatic N) is 6. The highest BCUT2D eigenvalue weighted by atomic mass is 16.3. The summed E-state index contributed by atoms with van der Waals surface area (Å²) >= 11 is 0. The highest BCUT2D eigenvalue weighted by molar-refractivity contribution is 5.59. The van der Waals surface area contributed by atoms with Crippen molar-refractivity contribution in [3.8, 4) is 11.6 Å². The lowest BCUT2D eigenvalue weighted by Gasteiger charge is -2.36. The summed E-state index contributed by atoms with van der Waals surface area (Å²) < 4.78 is 6.89. The van der Waals surface area contributed by atoms with E-state index < -0.39 is 5.60 Å². The zero-order valence-corrected chi connectivity index (χ0v) is 15.7. The van der Waals surface area contributed by atoms with Gasteiger partial charge in [-0.3, -0.25) is 4.90 Å². The molecule has 1 saturated heterocycles. The molecule has 1 aliphatic heterocycles. The number of fused-ring (bicyclic) bond motifs is 1. The van der Waals surface area contributed by atoms with E-state index in [9.17, 15) is 5.11 Å². The fourth-order valence-electron chi connectivity index (χ4n) is 3.20. The number of nitrogen functional groups attached to an aromatic ring is 1. The van der Waals surface area contributed by atoms with Gasteiger partial charge in [0.25, 0.3) is 0 Å². The molecule has 0 unspecified atom stereocenters. The molecule has 27 heavy (non-hydrogen) atoms. The minimum atomic E-state index is -0.627. The lowest BCUT2D eigenvalue weighted by atomic mass is 10.1. The summed E-state index contributed by atoms with van der Waals surface area (Å²) in [7, 11) is 0. The van der Waals surface area contributed by atoms with Gasteiger partial charge in [0.15, 0.2) is 11.4 Å². The van der Waals surface area contributed by atoms with E-state index in [2.05, 4.69) is 24.9 Å². The van der Waals surface area contributed by atoms with E-state index in [-0.39, 0.29) is 0 Å². The maximum absolute atomic E-state index is 9.90. The van der Waals surface area contributed by atoms with Crippen LogP contribution in [0.4, 0.5) is 11.8 Å². The lowest BCUT2D eigenvalue weighted by molar-refractivity contribution is 0.0568. The quantitative estimate of drug-likeness (QED) is 0.690. The lowest BCUT2D eigenvalue weighted by Crippen LogP contribution is -2.47. The molecule has 1 aliphatic rings. The maximum Gasteiger partial charge on any atom is 0.225 e. The third-order valence-electron chi connectivity index (χ3n) is 4.81. The average Bonchev–Trinajstić information content (AvgIpc) is 3.29. The van der Waals surface area contributed by atoms with Gasteiger partial charge in [-0.1, -0.05) is 0 Å². The number of hydrogen-bond donors (Lipinski definition) is 2. The van der Waals surface area contributed by atoms with Crippen LogP contribution in [-0.4, -0.2) is 67.9 Å². The van der Waals surface area contributed by atoms with Gasteiger partial charge in [-0.15, -0.1) is 5.10 Å². The van der Waals surface area contributed by atoms with Crippen LogP contribution in [-0.2, 0) is 0 Å². The molecule has 0 aromatic carbocycles. The third kappa shape index (κ3) is 3.88. The molecule has 3 N–H and O–H groups in total. The first-order valence-electron chi connectivity index (χ1n) is 9.16. The molecule has 3 aromatic rings. The van der Waals surface area contributed by atoms with Crippen molar-refractivity contribution >= 4 is 17.4 Å². The number of aromatic nitrogens is 4. The first kappa shape index (κ1) is 17.7. The Bertz CT molecular complexity index is 906. The molecule has 3 aromatic heterocycles. The predicted octanol–water partition coefficient (Wildman–Crippen LogP) is 1.25. The van der Waals surface area contributed by atoms with Gasteiger partial charge in [0, 0.05) is 38.8 Å². The monoisotopic (exact) mass is 371 g/mol. The molecular formula is C18H25N7O2. The van der Waals surface area contributed by atoms with Gasteiger partial charge >= 0.3 is 0 Å². The molecule has 144 valence electrons. The van der Waals surface area contributed by atoms with Crippen LogP contribution in [0.1, 0.15) is 20.3 Å². The topological polar surface area (TPSA) is 109 Å². The van der Waals surface area contributed by atoms with Gasteiger partial charge in [-0.05, 0) is 32.4 Å². The standard InChI is InChI=1S/C18H25N7O2/c1-18(2,26)5-6-23-7-9-24(10-8-23)14-12-15-20-16(13-4-3-11-27-13)22-25(15)17(19)21-14/h3-4,11-12,26H,5-10H2,1-2H3,(H2,19,21). The third-order valence-corrected chi connectivity index (χ3v) is 4.81. The summed E-state index contributed by atoms with van der Waals surface area (Å²) in [6.45, 7) is 8.14. The summed E-state index contributed by atoms with van der Waals surface area (Å²) in [6.07, 6.45) is 2.35. The molecule has 0 spiro atoms. The zero-order valence-electron chi connectivity index (χ0n) is 15.7. The number of nitrogens with two attached hydrogens (primary N) is 1. The van der Waals surface area contributed by atoms with Crippen LogP contribution < -0.4 is 10.6 Å². The van der Waals surface area contributed by atoms with Crippen LogP contribution in [0.3, 0.4) is 0 Å². The predicted molar refractivity (Wildman–Crippen MR) is 102 cm³/mol. The molecule has 0 bridgehead atoms. The molecule has 9 nitrogen and oxygen atoms in total. The highest BCUT2D eigenvalue weighted by Gasteiger charge is 2.22. The van der Waals surface area contributed by atoms with E-state index in [1.165, 1.54) is 4.52 Å². The summed E-state index contributed by atoms with van der Waals surface area (Å²) in [5.74, 6) is 2.19. The molecule has 0 saturated carbocycles. The summed E-state index contributed by atoms with van der Waals surface area (Å²) in [4.78, 5) is 13.6. The van der Waals surface area contributed by atoms with Crippen LogP contribution in [0.2, 0.25) is 0 Å². The number of furan rings is 1. The second-order valence-electron chi connectivity index (χ2n) is 7.55. The SMILES string of the molecule is CC(C)(O)CCN1CCN(c2cc3nc(-c4ccco4)nn3c(N)n2)CC1. The molecule has 9 heteroatoms. The van der Waals surface area contributed by atoms with Gasteiger partial charge in [-0.25, -0.2) is 4.98 Å². The van der Waals surface area contributed by atoms with Crippen molar-refractivity contribution in [3.05, 3.63) is 24.5 Å². The second-order valence-corrected chi connectivity index (χ2v) is 7.55. The fourth-order valence-corrected chi connectivity index (χ4v) is 3.20. The van der Waals surface area contributed by atoms with E-state index in [4.69, 9.17) is 10.2 Å². The van der Waals surface area contributed by atoms with Gasteiger partial charge in [0.2, 0.25) is 11.8 Å². The summed E-state index contributed by atoms with van der Waals surface area (Å²) in [5, 5.41) is 14.3. The zero-order chi connectivity index (χ0) is 19.0. The highest BCUT2D eigenvalue weighted by Crippen LogP contribution is 2.22. The van der Waals surface area contributed by atoms with Crippen molar-refractivity contribution < 1.29 is 9.52 Å². The summed E-state index contributed by atoms with van der Waals surface area (Å²) in [6, 6.07) is 5.51. The number of hydrogen-bond acceptors (Lipinski definition) is 8. The Kier molecular flexibility index (Phi) is 4.48. The van der Waals surface area contributed by atoms with Crippen LogP contribution in [0.5, 0.6) is 0 Å². The van der Waals surface area contributed by atoms with Crippen molar-refractivity contribution in [2.24, 2.45) is 0 Å². The largest absolute Gasteiger partial charge is 0.461 e. The maximum atomic E-state index is 9.90. The minimum absolute atomic E-state index is 0.303. The average molecular weight is 371 g/mol. The van der Waals surface area contributed by atoms with Crippen molar-refractivity contribution in [1.29, 1.82) is 0 Å². The number of aliphatic hydroxyl groups is 1. The molecule has 1 fully saturated rings. The summed E-state index contributed by atoms with van der Waals surface area (Å²) in [5.41, 5.74) is 6.13. The number of anilines is 2. The molecule has 4 heterocycles. The van der Waals surface area contributed by atoms with Crippen LogP contribution >= 0.6 is 0 Å². The molecule has 0 aliphatic carbocycles. The van der Waals surface area contributed by atoms with E-state index in [1.54, 1.807) is 12.3 Å². The molecule has 0 amide bonds. The molecule has 0 atom stereocenters. The second kappa shape index (κ2) is 6.82. The first-order valence-corrected chi connectivity index (χ1v) is 9.16. The van der Waals surface area contributed by atoms with Gasteiger partial charge in [-0.2, -0.15) is 9.50 Å². The van der Waals surface area contributed by atoms with Gasteiger partial charge in [0.1, 0.15) is 5.82 Å². The van der Waals surface area contributed by atoms with Gasteiger partial charge in [0.05, 0.1) is 11.9 Å². The fraction of sp³-hybridized carbons (Fsp3) is 0.500. The van der Waals surface area contributed by atoms with Crippen LogP contribution in [0.25, 0.3) is 17.2 Å². The molecular weight excluding hydrogens is 346 g/mol.